The van der Waals surface area contributed by atoms with Crippen molar-refractivity contribution < 1.29 is 14.1 Å². The van der Waals surface area contributed by atoms with Gasteiger partial charge < -0.3 is 19.9 Å². The number of nitrogens with zero attached hydrogens (tertiary/aromatic N) is 2. The molecule has 138 valence electrons. The third-order valence-corrected chi connectivity index (χ3v) is 3.59. The average molecular weight is 364 g/mol. The van der Waals surface area contributed by atoms with Gasteiger partial charge in [-0.2, -0.15) is 0 Å². The molecule has 2 aromatic heterocycles. The van der Waals surface area contributed by atoms with E-state index in [-0.39, 0.29) is 5.91 Å². The monoisotopic (exact) mass is 364 g/mol. The summed E-state index contributed by atoms with van der Waals surface area (Å²) in [5.41, 5.74) is 1.79. The summed E-state index contributed by atoms with van der Waals surface area (Å²) in [6.45, 7) is 4.33. The fourth-order valence-electron chi connectivity index (χ4n) is 2.33. The second kappa shape index (κ2) is 8.66. The van der Waals surface area contributed by atoms with Gasteiger partial charge in [-0.15, -0.1) is 0 Å². The van der Waals surface area contributed by atoms with E-state index in [1.54, 1.807) is 43.6 Å². The van der Waals surface area contributed by atoms with Gasteiger partial charge in [-0.3, -0.25) is 4.79 Å². The fourth-order valence-corrected chi connectivity index (χ4v) is 2.33. The third-order valence-electron chi connectivity index (χ3n) is 3.59. The number of benzene rings is 1. The predicted molar refractivity (Wildman–Crippen MR) is 103 cm³/mol. The van der Waals surface area contributed by atoms with Gasteiger partial charge in [0.05, 0.1) is 12.3 Å². The molecule has 0 fully saturated rings. The van der Waals surface area contributed by atoms with Crippen molar-refractivity contribution in [3.8, 4) is 5.75 Å². The lowest BCUT2D eigenvalue weighted by Crippen LogP contribution is -2.15. The summed E-state index contributed by atoms with van der Waals surface area (Å²) in [6.07, 6.45) is 3.18. The van der Waals surface area contributed by atoms with Gasteiger partial charge in [-0.1, -0.05) is 11.2 Å². The summed E-state index contributed by atoms with van der Waals surface area (Å²) in [5.74, 6) is 1.24. The van der Waals surface area contributed by atoms with Gasteiger partial charge in [0.1, 0.15) is 17.1 Å². The molecule has 2 N–H and O–H groups in total. The molecule has 3 aromatic rings. The second-order valence-corrected chi connectivity index (χ2v) is 5.66. The maximum atomic E-state index is 12.7. The highest BCUT2D eigenvalue weighted by Gasteiger charge is 2.17. The summed E-state index contributed by atoms with van der Waals surface area (Å²) in [5, 5.41) is 9.71. The molecule has 0 aliphatic heterocycles. The Bertz CT molecular complexity index is 918. The van der Waals surface area contributed by atoms with E-state index in [0.717, 1.165) is 11.4 Å². The van der Waals surface area contributed by atoms with Crippen LogP contribution < -0.4 is 15.4 Å². The van der Waals surface area contributed by atoms with Crippen LogP contribution in [0.3, 0.4) is 0 Å². The predicted octanol–water partition coefficient (Wildman–Crippen LogP) is 3.87. The van der Waals surface area contributed by atoms with Crippen molar-refractivity contribution in [1.29, 1.82) is 0 Å². The Balaban J connectivity index is 1.81. The molecule has 0 unspecified atom stereocenters. The second-order valence-electron chi connectivity index (χ2n) is 5.66. The Kier molecular flexibility index (Phi) is 5.84. The number of carbonyl (C=O) groups excluding carboxylic acids is 1. The molecular formula is C20H20N4O3. The number of aryl methyl sites for hydroxylation is 1. The number of hydrogen-bond donors (Lipinski definition) is 2. The minimum atomic E-state index is -0.358. The van der Waals surface area contributed by atoms with Crippen LogP contribution in [0.2, 0.25) is 0 Å². The number of ether oxygens (including phenoxy) is 1. The first kappa shape index (κ1) is 18.2. The van der Waals surface area contributed by atoms with Crippen molar-refractivity contribution in [2.45, 2.75) is 13.8 Å². The first-order valence-corrected chi connectivity index (χ1v) is 8.51. The van der Waals surface area contributed by atoms with Crippen LogP contribution in [0.4, 0.5) is 11.5 Å². The Labute approximate surface area is 157 Å². The number of aromatic nitrogens is 2. The van der Waals surface area contributed by atoms with Crippen LogP contribution in [-0.4, -0.2) is 22.7 Å². The molecule has 0 saturated carbocycles. The quantitative estimate of drug-likeness (QED) is 0.619. The lowest BCUT2D eigenvalue weighted by Gasteiger charge is -2.08. The fraction of sp³-hybridized carbons (Fsp3) is 0.150. The van der Waals surface area contributed by atoms with Crippen molar-refractivity contribution in [3.05, 3.63) is 72.4 Å². The zero-order valence-electron chi connectivity index (χ0n) is 15.1. The van der Waals surface area contributed by atoms with Crippen LogP contribution in [-0.2, 0) is 4.79 Å². The van der Waals surface area contributed by atoms with E-state index in [1.165, 1.54) is 0 Å². The Hall–Kier alpha value is -3.61. The maximum absolute atomic E-state index is 12.7. The summed E-state index contributed by atoms with van der Waals surface area (Å²) in [4.78, 5) is 16.8. The van der Waals surface area contributed by atoms with Crippen molar-refractivity contribution in [1.82, 2.24) is 10.1 Å². The van der Waals surface area contributed by atoms with Crippen molar-refractivity contribution in [2.75, 3.05) is 17.2 Å². The third kappa shape index (κ3) is 4.94. The number of amides is 1. The normalized spacial score (nSPS) is 11.1. The van der Waals surface area contributed by atoms with Crippen LogP contribution in [0.5, 0.6) is 5.75 Å². The van der Waals surface area contributed by atoms with Crippen LogP contribution >= 0.6 is 0 Å². The van der Waals surface area contributed by atoms with Crippen molar-refractivity contribution in [2.24, 2.45) is 0 Å². The Morgan fingerprint density at radius 1 is 1.22 bits per heavy atom. The molecule has 27 heavy (non-hydrogen) atoms. The van der Waals surface area contributed by atoms with Gasteiger partial charge in [0.15, 0.2) is 5.76 Å². The molecule has 7 heteroatoms. The minimum Gasteiger partial charge on any atom is -0.494 e. The molecule has 2 heterocycles. The first-order chi connectivity index (χ1) is 13.2. The van der Waals surface area contributed by atoms with Crippen LogP contribution in [0, 0.1) is 6.92 Å². The van der Waals surface area contributed by atoms with Crippen LogP contribution in [0.15, 0.2) is 65.5 Å². The average Bonchev–Trinajstić information content (AvgIpc) is 3.10. The number of hydrogen-bond acceptors (Lipinski definition) is 6. The zero-order valence-corrected chi connectivity index (χ0v) is 15.1. The van der Waals surface area contributed by atoms with E-state index in [4.69, 9.17) is 9.26 Å². The molecular weight excluding hydrogens is 344 g/mol. The van der Waals surface area contributed by atoms with Gasteiger partial charge in [-0.05, 0) is 50.2 Å². The molecule has 7 nitrogen and oxygen atoms in total. The summed E-state index contributed by atoms with van der Waals surface area (Å²) in [6, 6.07) is 14.4. The maximum Gasteiger partial charge on any atom is 0.262 e. The SMILES string of the molecule is CCOc1ccc(N/C=C(\C(=O)Nc2ccccn2)c2cc(C)no2)cc1. The highest BCUT2D eigenvalue weighted by molar-refractivity contribution is 6.24. The number of carbonyl (C=O) groups is 1. The number of rotatable bonds is 7. The standard InChI is InChI=1S/C20H20N4O3/c1-3-26-16-9-7-15(8-10-16)22-13-17(18-12-14(2)24-27-18)20(25)23-19-6-4-5-11-21-19/h4-13,22H,3H2,1-2H3,(H,21,23,25)/b17-13-. The summed E-state index contributed by atoms with van der Waals surface area (Å²) >= 11 is 0. The van der Waals surface area contributed by atoms with Gasteiger partial charge >= 0.3 is 0 Å². The number of nitrogens with one attached hydrogen (secondary N) is 2. The summed E-state index contributed by atoms with van der Waals surface area (Å²) < 4.78 is 10.7. The Morgan fingerprint density at radius 3 is 2.67 bits per heavy atom. The largest absolute Gasteiger partial charge is 0.494 e. The molecule has 1 amide bonds. The molecule has 0 bridgehead atoms. The summed E-state index contributed by atoms with van der Waals surface area (Å²) in [7, 11) is 0. The van der Waals surface area contributed by atoms with E-state index in [9.17, 15) is 4.79 Å². The zero-order chi connectivity index (χ0) is 19.1. The first-order valence-electron chi connectivity index (χ1n) is 8.51. The van der Waals surface area contributed by atoms with Gasteiger partial charge in [0.2, 0.25) is 0 Å². The lowest BCUT2D eigenvalue weighted by atomic mass is 10.2. The van der Waals surface area contributed by atoms with E-state index in [2.05, 4.69) is 20.8 Å². The van der Waals surface area contributed by atoms with Crippen LogP contribution in [0.25, 0.3) is 5.57 Å². The smallest absolute Gasteiger partial charge is 0.262 e. The molecule has 3 rings (SSSR count). The van der Waals surface area contributed by atoms with E-state index in [0.29, 0.717) is 29.5 Å². The van der Waals surface area contributed by atoms with Crippen molar-refractivity contribution in [3.63, 3.8) is 0 Å². The number of pyridine rings is 1. The number of anilines is 2. The van der Waals surface area contributed by atoms with Crippen LogP contribution in [0.1, 0.15) is 18.4 Å². The Morgan fingerprint density at radius 2 is 2.04 bits per heavy atom. The van der Waals surface area contributed by atoms with Gasteiger partial charge in [0, 0.05) is 24.2 Å². The molecule has 0 saturated heterocycles. The molecule has 1 aromatic carbocycles. The van der Waals surface area contributed by atoms with E-state index < -0.39 is 0 Å². The topological polar surface area (TPSA) is 89.3 Å². The lowest BCUT2D eigenvalue weighted by molar-refractivity contribution is -0.111. The highest BCUT2D eigenvalue weighted by Crippen LogP contribution is 2.20. The molecule has 0 spiro atoms. The highest BCUT2D eigenvalue weighted by atomic mass is 16.5. The van der Waals surface area contributed by atoms with E-state index in [1.807, 2.05) is 31.2 Å². The molecule has 0 radical (unpaired) electrons. The van der Waals surface area contributed by atoms with Crippen molar-refractivity contribution >= 4 is 23.0 Å². The van der Waals surface area contributed by atoms with Gasteiger partial charge in [0.25, 0.3) is 5.91 Å². The van der Waals surface area contributed by atoms with Gasteiger partial charge in [-0.25, -0.2) is 4.98 Å². The minimum absolute atomic E-state index is 0.301. The molecule has 0 aliphatic rings. The molecule has 0 aliphatic carbocycles. The van der Waals surface area contributed by atoms with E-state index >= 15 is 0 Å². The molecule has 0 atom stereocenters.